The Bertz CT molecular complexity index is 416. The van der Waals surface area contributed by atoms with Gasteiger partial charge in [-0.25, -0.2) is 9.69 Å². The monoisotopic (exact) mass is 276 g/mol. The van der Waals surface area contributed by atoms with Crippen LogP contribution in [-0.2, 0) is 0 Å². The third-order valence-electron chi connectivity index (χ3n) is 2.07. The van der Waals surface area contributed by atoms with E-state index in [4.69, 9.17) is 22.7 Å². The molecule has 4 N–H and O–H groups in total. The third kappa shape index (κ3) is 3.25. The molecule has 0 unspecified atom stereocenters. The predicted octanol–water partition coefficient (Wildman–Crippen LogP) is 2.11. The van der Waals surface area contributed by atoms with Gasteiger partial charge in [0.15, 0.2) is 0 Å². The second-order valence-electron chi connectivity index (χ2n) is 3.18. The first-order valence-corrected chi connectivity index (χ1v) is 4.97. The van der Waals surface area contributed by atoms with Crippen LogP contribution >= 0.6 is 24.0 Å². The van der Waals surface area contributed by atoms with E-state index < -0.39 is 6.03 Å². The Kier molecular flexibility index (Phi) is 5.78. The van der Waals surface area contributed by atoms with Crippen molar-refractivity contribution < 1.29 is 4.79 Å². The van der Waals surface area contributed by atoms with E-state index in [1.165, 1.54) is 7.05 Å². The van der Waals surface area contributed by atoms with Gasteiger partial charge >= 0.3 is 6.03 Å². The molecule has 0 fully saturated rings. The number of guanidine groups is 1. The van der Waals surface area contributed by atoms with Crippen molar-refractivity contribution in [3.05, 3.63) is 28.8 Å². The zero-order chi connectivity index (χ0) is 12.3. The molecule has 0 spiro atoms. The number of benzene rings is 1. The number of para-hydroxylation sites is 1. The minimum atomic E-state index is -0.497. The first-order chi connectivity index (χ1) is 7.49. The summed E-state index contributed by atoms with van der Waals surface area (Å²) in [4.78, 5) is 12.6. The Morgan fingerprint density at radius 3 is 2.53 bits per heavy atom. The van der Waals surface area contributed by atoms with Gasteiger partial charge in [-0.15, -0.1) is 12.4 Å². The topological polar surface area (TPSA) is 82.2 Å². The molecule has 0 bridgehead atoms. The van der Waals surface area contributed by atoms with Gasteiger partial charge < -0.3 is 11.1 Å². The van der Waals surface area contributed by atoms with Crippen LogP contribution < -0.4 is 16.0 Å². The fourth-order valence-corrected chi connectivity index (χ4v) is 1.66. The highest BCUT2D eigenvalue weighted by Crippen LogP contribution is 2.29. The number of anilines is 1. The summed E-state index contributed by atoms with van der Waals surface area (Å²) in [5, 5.41) is 10.2. The predicted molar refractivity (Wildman–Crippen MR) is 72.3 cm³/mol. The van der Waals surface area contributed by atoms with E-state index in [1.54, 1.807) is 25.1 Å². The Hall–Kier alpha value is -1.46. The van der Waals surface area contributed by atoms with Crippen LogP contribution in [0.5, 0.6) is 0 Å². The van der Waals surface area contributed by atoms with Crippen molar-refractivity contribution in [2.24, 2.45) is 5.73 Å². The van der Waals surface area contributed by atoms with Crippen LogP contribution in [0.2, 0.25) is 5.02 Å². The smallest absolute Gasteiger partial charge is 0.328 e. The summed E-state index contributed by atoms with van der Waals surface area (Å²) < 4.78 is 0. The number of halogens is 2. The lowest BCUT2D eigenvalue weighted by atomic mass is 10.2. The molecule has 0 saturated heterocycles. The second kappa shape index (κ2) is 6.32. The van der Waals surface area contributed by atoms with E-state index in [0.29, 0.717) is 10.7 Å². The lowest BCUT2D eigenvalue weighted by Crippen LogP contribution is -2.46. The van der Waals surface area contributed by atoms with Crippen molar-refractivity contribution in [2.75, 3.05) is 11.9 Å². The largest absolute Gasteiger partial charge is 0.369 e. The van der Waals surface area contributed by atoms with Crippen LogP contribution in [-0.4, -0.2) is 19.0 Å². The van der Waals surface area contributed by atoms with Crippen molar-refractivity contribution in [3.63, 3.8) is 0 Å². The first-order valence-electron chi connectivity index (χ1n) is 4.60. The number of urea groups is 1. The molecule has 17 heavy (non-hydrogen) atoms. The average Bonchev–Trinajstić information content (AvgIpc) is 2.22. The van der Waals surface area contributed by atoms with E-state index in [0.717, 1.165) is 10.5 Å². The summed E-state index contributed by atoms with van der Waals surface area (Å²) in [5.74, 6) is -0.379. The maximum Gasteiger partial charge on any atom is 0.328 e. The molecule has 2 amide bonds. The molecule has 1 aromatic carbocycles. The van der Waals surface area contributed by atoms with E-state index in [9.17, 15) is 4.79 Å². The fraction of sp³-hybridized carbons (Fsp3) is 0.200. The van der Waals surface area contributed by atoms with Crippen molar-refractivity contribution in [2.45, 2.75) is 6.92 Å². The average molecular weight is 277 g/mol. The summed E-state index contributed by atoms with van der Waals surface area (Å²) in [7, 11) is 1.46. The molecule has 0 heterocycles. The Morgan fingerprint density at radius 2 is 2.12 bits per heavy atom. The number of hydrogen-bond donors (Lipinski definition) is 3. The summed E-state index contributed by atoms with van der Waals surface area (Å²) in [6.45, 7) is 1.79. The van der Waals surface area contributed by atoms with E-state index >= 15 is 0 Å². The van der Waals surface area contributed by atoms with E-state index in [2.05, 4.69) is 5.32 Å². The van der Waals surface area contributed by atoms with Crippen molar-refractivity contribution in [1.82, 2.24) is 5.32 Å². The molecule has 5 nitrogen and oxygen atoms in total. The molecule has 0 atom stereocenters. The maximum absolute atomic E-state index is 11.6. The van der Waals surface area contributed by atoms with Gasteiger partial charge in [-0.05, 0) is 18.6 Å². The van der Waals surface area contributed by atoms with Crippen LogP contribution in [0.15, 0.2) is 18.2 Å². The summed E-state index contributed by atoms with van der Waals surface area (Å²) >= 11 is 6.00. The van der Waals surface area contributed by atoms with Gasteiger partial charge in [-0.3, -0.25) is 5.41 Å². The molecule has 94 valence electrons. The minimum Gasteiger partial charge on any atom is -0.369 e. The number of nitrogens with two attached hydrogens (primary N) is 1. The van der Waals surface area contributed by atoms with Crippen LogP contribution in [0, 0.1) is 12.3 Å². The van der Waals surface area contributed by atoms with Crippen LogP contribution in [0.3, 0.4) is 0 Å². The number of nitrogens with one attached hydrogen (secondary N) is 2. The SMILES string of the molecule is CNC(=O)N(C(=N)N)c1c(C)cccc1Cl.Cl. The summed E-state index contributed by atoms with van der Waals surface area (Å²) in [6, 6.07) is 4.70. The first kappa shape index (κ1) is 15.5. The Balaban J connectivity index is 0.00000256. The molecule has 0 aliphatic carbocycles. The summed E-state index contributed by atoms with van der Waals surface area (Å²) in [6.07, 6.45) is 0. The number of amides is 2. The molecule has 0 saturated carbocycles. The number of rotatable bonds is 1. The molecule has 0 radical (unpaired) electrons. The molecule has 0 aromatic heterocycles. The van der Waals surface area contributed by atoms with E-state index in [-0.39, 0.29) is 18.4 Å². The Morgan fingerprint density at radius 1 is 1.53 bits per heavy atom. The molecular formula is C10H14Cl2N4O. The number of carbonyl (C=O) groups is 1. The van der Waals surface area contributed by atoms with Gasteiger partial charge in [-0.2, -0.15) is 0 Å². The van der Waals surface area contributed by atoms with Crippen LogP contribution in [0.25, 0.3) is 0 Å². The molecule has 1 aromatic rings. The fourth-order valence-electron chi connectivity index (χ4n) is 1.35. The molecule has 1 rings (SSSR count). The third-order valence-corrected chi connectivity index (χ3v) is 2.37. The van der Waals surface area contributed by atoms with Crippen molar-refractivity contribution in [1.29, 1.82) is 5.41 Å². The molecule has 7 heteroatoms. The molecule has 0 aliphatic heterocycles. The van der Waals surface area contributed by atoms with Gasteiger partial charge in [0.25, 0.3) is 0 Å². The van der Waals surface area contributed by atoms with Crippen molar-refractivity contribution in [3.8, 4) is 0 Å². The second-order valence-corrected chi connectivity index (χ2v) is 3.59. The van der Waals surface area contributed by atoms with Crippen LogP contribution in [0.4, 0.5) is 10.5 Å². The van der Waals surface area contributed by atoms with Gasteiger partial charge in [0, 0.05) is 7.05 Å². The highest BCUT2D eigenvalue weighted by atomic mass is 35.5. The van der Waals surface area contributed by atoms with Gasteiger partial charge in [0.05, 0.1) is 10.7 Å². The minimum absolute atomic E-state index is 0. The lowest BCUT2D eigenvalue weighted by molar-refractivity contribution is 0.251. The lowest BCUT2D eigenvalue weighted by Gasteiger charge is -2.22. The summed E-state index contributed by atoms with van der Waals surface area (Å²) in [5.41, 5.74) is 6.57. The number of hydrogen-bond acceptors (Lipinski definition) is 2. The van der Waals surface area contributed by atoms with Gasteiger partial charge in [-0.1, -0.05) is 23.7 Å². The number of aryl methyl sites for hydroxylation is 1. The molecule has 0 aliphatic rings. The maximum atomic E-state index is 11.6. The van der Waals surface area contributed by atoms with Gasteiger partial charge in [0.1, 0.15) is 0 Å². The number of carbonyl (C=O) groups excluding carboxylic acids is 1. The quantitative estimate of drug-likeness (QED) is 0.542. The highest BCUT2D eigenvalue weighted by Gasteiger charge is 2.21. The van der Waals surface area contributed by atoms with Crippen LogP contribution in [0.1, 0.15) is 5.56 Å². The highest BCUT2D eigenvalue weighted by molar-refractivity contribution is 6.35. The number of nitrogens with zero attached hydrogens (tertiary/aromatic N) is 1. The normalized spacial score (nSPS) is 9.12. The van der Waals surface area contributed by atoms with Gasteiger partial charge in [0.2, 0.25) is 5.96 Å². The Labute approximate surface area is 111 Å². The molecular weight excluding hydrogens is 263 g/mol. The zero-order valence-electron chi connectivity index (χ0n) is 9.45. The standard InChI is InChI=1S/C10H13ClN4O.ClH/c1-6-4-3-5-7(11)8(6)15(9(12)13)10(16)14-2;/h3-5H,1-2H3,(H3,12,13)(H,14,16);1H. The van der Waals surface area contributed by atoms with Crippen molar-refractivity contribution >= 4 is 41.7 Å². The zero-order valence-corrected chi connectivity index (χ0v) is 11.0. The van der Waals surface area contributed by atoms with E-state index in [1.807, 2.05) is 0 Å².